The van der Waals surface area contributed by atoms with Gasteiger partial charge in [-0.05, 0) is 24.6 Å². The van der Waals surface area contributed by atoms with Gasteiger partial charge < -0.3 is 5.41 Å². The van der Waals surface area contributed by atoms with Crippen molar-refractivity contribution in [3.63, 3.8) is 0 Å². The lowest BCUT2D eigenvalue weighted by molar-refractivity contribution is 1.08. The van der Waals surface area contributed by atoms with E-state index in [1.165, 1.54) is 0 Å². The van der Waals surface area contributed by atoms with Gasteiger partial charge in [-0.15, -0.1) is 10.2 Å². The highest BCUT2D eigenvalue weighted by atomic mass is 35.5. The highest BCUT2D eigenvalue weighted by Gasteiger charge is 2.00. The number of hydrogen-bond donors (Lipinski definition) is 1. The Morgan fingerprint density at radius 1 is 1.29 bits per heavy atom. The highest BCUT2D eigenvalue weighted by molar-refractivity contribution is 6.29. The molecule has 0 aliphatic carbocycles. The van der Waals surface area contributed by atoms with Crippen LogP contribution < -0.4 is 0 Å². The molecule has 4 heteroatoms. The summed E-state index contributed by atoms with van der Waals surface area (Å²) in [5.74, 6) is 0. The fourth-order valence-corrected chi connectivity index (χ4v) is 1.40. The quantitative estimate of drug-likeness (QED) is 0.728. The number of nitrogens with one attached hydrogen (secondary N) is 1. The van der Waals surface area contributed by atoms with E-state index in [0.29, 0.717) is 10.9 Å². The van der Waals surface area contributed by atoms with Gasteiger partial charge in [0.15, 0.2) is 5.15 Å². The van der Waals surface area contributed by atoms with Crippen molar-refractivity contribution in [3.8, 4) is 0 Å². The molecule has 70 valence electrons. The maximum atomic E-state index is 7.48. The second kappa shape index (κ2) is 3.35. The Morgan fingerprint density at radius 3 is 2.79 bits per heavy atom. The molecule has 2 rings (SSSR count). The molecule has 2 aromatic rings. The van der Waals surface area contributed by atoms with Gasteiger partial charge in [0.05, 0.1) is 5.52 Å². The molecule has 14 heavy (non-hydrogen) atoms. The predicted octanol–water partition coefficient (Wildman–Crippen LogP) is 2.67. The summed E-state index contributed by atoms with van der Waals surface area (Å²) in [6.07, 6.45) is 0. The van der Waals surface area contributed by atoms with Gasteiger partial charge in [-0.2, -0.15) is 0 Å². The molecule has 0 saturated heterocycles. The first-order chi connectivity index (χ1) is 6.66. The first-order valence-corrected chi connectivity index (χ1v) is 4.53. The Balaban J connectivity index is 2.67. The molecule has 0 unspecified atom stereocenters. The number of fused-ring (bicyclic) bond motifs is 1. The number of aromatic nitrogens is 2. The standard InChI is InChI=1S/C10H8ClN3/c1-6(12)7-2-3-8-5-10(11)14-13-9(8)4-7/h2-5,12H,1H3. The van der Waals surface area contributed by atoms with E-state index < -0.39 is 0 Å². The van der Waals surface area contributed by atoms with E-state index >= 15 is 0 Å². The van der Waals surface area contributed by atoms with Crippen LogP contribution in [0.4, 0.5) is 0 Å². The van der Waals surface area contributed by atoms with Crippen LogP contribution in [0.5, 0.6) is 0 Å². The summed E-state index contributed by atoms with van der Waals surface area (Å²) >= 11 is 5.71. The molecule has 0 radical (unpaired) electrons. The van der Waals surface area contributed by atoms with Crippen molar-refractivity contribution in [3.05, 3.63) is 35.0 Å². The molecule has 3 nitrogen and oxygen atoms in total. The van der Waals surface area contributed by atoms with Crippen molar-refractivity contribution in [2.45, 2.75) is 6.92 Å². The van der Waals surface area contributed by atoms with Crippen LogP contribution in [-0.4, -0.2) is 15.9 Å². The third-order valence-corrected chi connectivity index (χ3v) is 2.18. The first-order valence-electron chi connectivity index (χ1n) is 4.15. The molecule has 1 aromatic carbocycles. The minimum Gasteiger partial charge on any atom is -0.305 e. The van der Waals surface area contributed by atoms with E-state index in [0.717, 1.165) is 16.5 Å². The molecular formula is C10H8ClN3. The van der Waals surface area contributed by atoms with E-state index in [1.807, 2.05) is 18.2 Å². The molecule has 0 aliphatic rings. The Bertz CT molecular complexity index is 508. The largest absolute Gasteiger partial charge is 0.305 e. The second-order valence-electron chi connectivity index (χ2n) is 3.07. The zero-order valence-electron chi connectivity index (χ0n) is 7.58. The number of rotatable bonds is 1. The molecule has 1 heterocycles. The Hall–Kier alpha value is -1.48. The lowest BCUT2D eigenvalue weighted by Gasteiger charge is -2.00. The van der Waals surface area contributed by atoms with Gasteiger partial charge in [-0.25, -0.2) is 0 Å². The maximum absolute atomic E-state index is 7.48. The average Bonchev–Trinajstić information content (AvgIpc) is 2.16. The number of nitrogens with zero attached hydrogens (tertiary/aromatic N) is 2. The van der Waals surface area contributed by atoms with Crippen LogP contribution in [0.15, 0.2) is 24.3 Å². The van der Waals surface area contributed by atoms with Gasteiger partial charge in [-0.3, -0.25) is 0 Å². The normalized spacial score (nSPS) is 10.4. The van der Waals surface area contributed by atoms with Crippen molar-refractivity contribution in [1.82, 2.24) is 10.2 Å². The molecule has 0 atom stereocenters. The third kappa shape index (κ3) is 1.59. The summed E-state index contributed by atoms with van der Waals surface area (Å²) in [5.41, 5.74) is 2.14. The lowest BCUT2D eigenvalue weighted by Crippen LogP contribution is -1.93. The van der Waals surface area contributed by atoms with Crippen molar-refractivity contribution >= 4 is 28.2 Å². The molecule has 0 amide bonds. The average molecular weight is 206 g/mol. The summed E-state index contributed by atoms with van der Waals surface area (Å²) in [7, 11) is 0. The Labute approximate surface area is 86.2 Å². The van der Waals surface area contributed by atoms with Crippen LogP contribution in [-0.2, 0) is 0 Å². The minimum atomic E-state index is 0.386. The van der Waals surface area contributed by atoms with Crippen LogP contribution >= 0.6 is 11.6 Å². The van der Waals surface area contributed by atoms with Gasteiger partial charge >= 0.3 is 0 Å². The molecule has 0 aliphatic heterocycles. The van der Waals surface area contributed by atoms with E-state index in [-0.39, 0.29) is 0 Å². The summed E-state index contributed by atoms with van der Waals surface area (Å²) in [4.78, 5) is 0. The number of benzene rings is 1. The van der Waals surface area contributed by atoms with Crippen molar-refractivity contribution < 1.29 is 0 Å². The maximum Gasteiger partial charge on any atom is 0.152 e. The predicted molar refractivity (Wildman–Crippen MR) is 57.1 cm³/mol. The zero-order valence-corrected chi connectivity index (χ0v) is 8.34. The van der Waals surface area contributed by atoms with Crippen molar-refractivity contribution in [1.29, 1.82) is 5.41 Å². The Kier molecular flexibility index (Phi) is 2.17. The van der Waals surface area contributed by atoms with Crippen LogP contribution in [0.3, 0.4) is 0 Å². The highest BCUT2D eigenvalue weighted by Crippen LogP contribution is 2.16. The zero-order chi connectivity index (χ0) is 10.1. The SMILES string of the molecule is CC(=N)c1ccc2cc(Cl)nnc2c1. The molecule has 0 bridgehead atoms. The minimum absolute atomic E-state index is 0.386. The third-order valence-electron chi connectivity index (χ3n) is 1.99. The Morgan fingerprint density at radius 2 is 2.07 bits per heavy atom. The van der Waals surface area contributed by atoms with Crippen molar-refractivity contribution in [2.75, 3.05) is 0 Å². The second-order valence-corrected chi connectivity index (χ2v) is 3.45. The van der Waals surface area contributed by atoms with E-state index in [2.05, 4.69) is 10.2 Å². The topological polar surface area (TPSA) is 49.6 Å². The molecule has 0 spiro atoms. The molecule has 0 fully saturated rings. The van der Waals surface area contributed by atoms with Crippen LogP contribution in [0, 0.1) is 5.41 Å². The number of halogens is 1. The van der Waals surface area contributed by atoms with Gasteiger partial charge in [0.25, 0.3) is 0 Å². The molecule has 1 aromatic heterocycles. The summed E-state index contributed by atoms with van der Waals surface area (Å²) < 4.78 is 0. The van der Waals surface area contributed by atoms with E-state index in [4.69, 9.17) is 17.0 Å². The fraction of sp³-hybridized carbons (Fsp3) is 0.100. The number of hydrogen-bond acceptors (Lipinski definition) is 3. The smallest absolute Gasteiger partial charge is 0.152 e. The van der Waals surface area contributed by atoms with Gasteiger partial charge in [0.1, 0.15) is 0 Å². The summed E-state index contributed by atoms with van der Waals surface area (Å²) in [6, 6.07) is 7.36. The van der Waals surface area contributed by atoms with E-state index in [1.54, 1.807) is 13.0 Å². The molecule has 1 N–H and O–H groups in total. The van der Waals surface area contributed by atoms with Gasteiger partial charge in [-0.1, -0.05) is 23.7 Å². The van der Waals surface area contributed by atoms with Gasteiger partial charge in [0, 0.05) is 11.1 Å². The van der Waals surface area contributed by atoms with Crippen LogP contribution in [0.25, 0.3) is 10.9 Å². The van der Waals surface area contributed by atoms with Crippen LogP contribution in [0.1, 0.15) is 12.5 Å². The molecule has 0 saturated carbocycles. The fourth-order valence-electron chi connectivity index (χ4n) is 1.24. The van der Waals surface area contributed by atoms with Gasteiger partial charge in [0.2, 0.25) is 0 Å². The summed E-state index contributed by atoms with van der Waals surface area (Å²) in [6.45, 7) is 1.74. The first kappa shape index (κ1) is 9.09. The van der Waals surface area contributed by atoms with Crippen molar-refractivity contribution in [2.24, 2.45) is 0 Å². The monoisotopic (exact) mass is 205 g/mol. The molecular weight excluding hydrogens is 198 g/mol. The lowest BCUT2D eigenvalue weighted by atomic mass is 10.1. The van der Waals surface area contributed by atoms with Crippen LogP contribution in [0.2, 0.25) is 5.15 Å². The summed E-state index contributed by atoms with van der Waals surface area (Å²) in [5, 5.41) is 16.5. The van der Waals surface area contributed by atoms with E-state index in [9.17, 15) is 0 Å².